The lowest BCUT2D eigenvalue weighted by molar-refractivity contribution is -0.115. The summed E-state index contributed by atoms with van der Waals surface area (Å²) in [7, 11) is 0. The molecule has 3 amide bonds. The van der Waals surface area contributed by atoms with Gasteiger partial charge in [0, 0.05) is 19.6 Å². The number of anilines is 2. The number of aromatic nitrogens is 1. The van der Waals surface area contributed by atoms with E-state index in [-0.39, 0.29) is 18.4 Å². The second-order valence-electron chi connectivity index (χ2n) is 7.06. The molecule has 0 aliphatic carbocycles. The van der Waals surface area contributed by atoms with Crippen molar-refractivity contribution >= 4 is 23.4 Å². The summed E-state index contributed by atoms with van der Waals surface area (Å²) in [6, 6.07) is 19.3. The Kier molecular flexibility index (Phi) is 5.70. The van der Waals surface area contributed by atoms with Gasteiger partial charge in [0.05, 0.1) is 18.3 Å². The number of rotatable bonds is 6. The molecule has 6 nitrogen and oxygen atoms in total. The predicted molar refractivity (Wildman–Crippen MR) is 113 cm³/mol. The summed E-state index contributed by atoms with van der Waals surface area (Å²) in [5.74, 6) is -0.211. The Morgan fingerprint density at radius 3 is 2.50 bits per heavy atom. The number of carbonyl (C=O) groups excluding carboxylic acids is 2. The highest BCUT2D eigenvalue weighted by molar-refractivity contribution is 5.94. The van der Waals surface area contributed by atoms with Crippen molar-refractivity contribution in [2.24, 2.45) is 0 Å². The molecule has 152 valence electrons. The highest BCUT2D eigenvalue weighted by Gasteiger charge is 2.30. The van der Waals surface area contributed by atoms with E-state index in [2.05, 4.69) is 10.3 Å². The molecule has 1 aliphatic heterocycles. The molecule has 0 atom stereocenters. The van der Waals surface area contributed by atoms with E-state index in [4.69, 9.17) is 0 Å². The second kappa shape index (κ2) is 8.73. The van der Waals surface area contributed by atoms with Crippen molar-refractivity contribution in [1.82, 2.24) is 9.88 Å². The molecule has 4 rings (SSSR count). The summed E-state index contributed by atoms with van der Waals surface area (Å²) < 4.78 is 13.7. The summed E-state index contributed by atoms with van der Waals surface area (Å²) in [5, 5.41) is 2.71. The summed E-state index contributed by atoms with van der Waals surface area (Å²) in [6.07, 6.45) is 1.44. The SMILES string of the molecule is O=C(Cc1ccccc1F)Nc1ccc(N2CCN(Cc3ccccc3)C2=O)nc1. The average molecular weight is 404 g/mol. The summed E-state index contributed by atoms with van der Waals surface area (Å²) in [6.45, 7) is 1.73. The maximum absolute atomic E-state index is 13.7. The van der Waals surface area contributed by atoms with E-state index >= 15 is 0 Å². The van der Waals surface area contributed by atoms with Gasteiger partial charge in [-0.2, -0.15) is 0 Å². The Balaban J connectivity index is 1.36. The van der Waals surface area contributed by atoms with Crippen molar-refractivity contribution in [2.75, 3.05) is 23.3 Å². The number of benzene rings is 2. The number of nitrogens with zero attached hydrogens (tertiary/aromatic N) is 3. The average Bonchev–Trinajstić information content (AvgIpc) is 3.11. The molecule has 1 aromatic heterocycles. The van der Waals surface area contributed by atoms with Crippen molar-refractivity contribution in [3.63, 3.8) is 0 Å². The van der Waals surface area contributed by atoms with Crippen molar-refractivity contribution in [2.45, 2.75) is 13.0 Å². The molecule has 1 aliphatic rings. The third kappa shape index (κ3) is 4.46. The molecular formula is C23H21FN4O2. The zero-order valence-corrected chi connectivity index (χ0v) is 16.3. The zero-order chi connectivity index (χ0) is 20.9. The van der Waals surface area contributed by atoms with Gasteiger partial charge < -0.3 is 10.2 Å². The lowest BCUT2D eigenvalue weighted by Gasteiger charge is -2.18. The third-order valence-corrected chi connectivity index (χ3v) is 4.93. The van der Waals surface area contributed by atoms with Gasteiger partial charge in [0.25, 0.3) is 0 Å². The molecule has 0 unspecified atom stereocenters. The van der Waals surface area contributed by atoms with Gasteiger partial charge in [0.15, 0.2) is 0 Å². The summed E-state index contributed by atoms with van der Waals surface area (Å²) in [4.78, 5) is 32.6. The van der Waals surface area contributed by atoms with E-state index in [1.165, 1.54) is 12.3 Å². The van der Waals surface area contributed by atoms with Gasteiger partial charge in [0.1, 0.15) is 11.6 Å². The quantitative estimate of drug-likeness (QED) is 0.679. The Labute approximate surface area is 174 Å². The predicted octanol–water partition coefficient (Wildman–Crippen LogP) is 3.84. The van der Waals surface area contributed by atoms with Gasteiger partial charge >= 0.3 is 6.03 Å². The minimum absolute atomic E-state index is 0.0620. The van der Waals surface area contributed by atoms with Crippen LogP contribution in [-0.4, -0.2) is 34.9 Å². The number of nitrogens with one attached hydrogen (secondary N) is 1. The molecule has 30 heavy (non-hydrogen) atoms. The van der Waals surface area contributed by atoms with Gasteiger partial charge in [-0.25, -0.2) is 14.2 Å². The fraction of sp³-hybridized carbons (Fsp3) is 0.174. The molecule has 1 saturated heterocycles. The maximum atomic E-state index is 13.7. The van der Waals surface area contributed by atoms with Crippen molar-refractivity contribution in [1.29, 1.82) is 0 Å². The lowest BCUT2D eigenvalue weighted by Crippen LogP contribution is -2.31. The molecule has 1 N–H and O–H groups in total. The van der Waals surface area contributed by atoms with E-state index in [1.807, 2.05) is 30.3 Å². The summed E-state index contributed by atoms with van der Waals surface area (Å²) in [5.41, 5.74) is 1.90. The molecule has 1 fully saturated rings. The minimum atomic E-state index is -0.409. The van der Waals surface area contributed by atoms with Crippen LogP contribution < -0.4 is 10.2 Å². The Morgan fingerprint density at radius 1 is 1.00 bits per heavy atom. The number of halogens is 1. The van der Waals surface area contributed by atoms with Crippen molar-refractivity contribution in [3.8, 4) is 0 Å². The van der Waals surface area contributed by atoms with E-state index in [0.29, 0.717) is 36.7 Å². The van der Waals surface area contributed by atoms with Gasteiger partial charge in [-0.15, -0.1) is 0 Å². The van der Waals surface area contributed by atoms with E-state index in [9.17, 15) is 14.0 Å². The normalized spacial score (nSPS) is 13.6. The van der Waals surface area contributed by atoms with Crippen molar-refractivity contribution in [3.05, 3.63) is 89.9 Å². The third-order valence-electron chi connectivity index (χ3n) is 4.93. The van der Waals surface area contributed by atoms with Crippen LogP contribution in [0.25, 0.3) is 0 Å². The molecule has 7 heteroatoms. The first-order chi connectivity index (χ1) is 14.6. The first kappa shape index (κ1) is 19.6. The summed E-state index contributed by atoms with van der Waals surface area (Å²) >= 11 is 0. The monoisotopic (exact) mass is 404 g/mol. The van der Waals surface area contributed by atoms with Gasteiger partial charge in [-0.05, 0) is 29.3 Å². The Morgan fingerprint density at radius 2 is 1.77 bits per heavy atom. The van der Waals surface area contributed by atoms with Crippen LogP contribution in [0.15, 0.2) is 72.9 Å². The highest BCUT2D eigenvalue weighted by atomic mass is 19.1. The maximum Gasteiger partial charge on any atom is 0.326 e. The van der Waals surface area contributed by atoms with Crippen LogP contribution >= 0.6 is 0 Å². The number of hydrogen-bond donors (Lipinski definition) is 1. The molecule has 0 radical (unpaired) electrons. The number of amides is 3. The van der Waals surface area contributed by atoms with E-state index in [0.717, 1.165) is 5.56 Å². The fourth-order valence-electron chi connectivity index (χ4n) is 3.39. The van der Waals surface area contributed by atoms with Crippen molar-refractivity contribution < 1.29 is 14.0 Å². The number of hydrogen-bond acceptors (Lipinski definition) is 3. The molecular weight excluding hydrogens is 383 g/mol. The second-order valence-corrected chi connectivity index (χ2v) is 7.06. The Hall–Kier alpha value is -3.74. The van der Waals surface area contributed by atoms with Crippen LogP contribution in [0, 0.1) is 5.82 Å². The molecule has 3 aromatic rings. The van der Waals surface area contributed by atoms with Crippen LogP contribution in [0.3, 0.4) is 0 Å². The van der Waals surface area contributed by atoms with Crippen LogP contribution in [-0.2, 0) is 17.8 Å². The van der Waals surface area contributed by atoms with Crippen LogP contribution in [0.5, 0.6) is 0 Å². The van der Waals surface area contributed by atoms with E-state index < -0.39 is 5.82 Å². The molecule has 0 saturated carbocycles. The van der Waals surface area contributed by atoms with Crippen LogP contribution in [0.1, 0.15) is 11.1 Å². The largest absolute Gasteiger partial charge is 0.326 e. The standard InChI is InChI=1S/C23H21FN4O2/c24-20-9-5-4-8-18(20)14-22(29)26-19-10-11-21(25-15-19)28-13-12-27(23(28)30)16-17-6-2-1-3-7-17/h1-11,15H,12-14,16H2,(H,26,29). The zero-order valence-electron chi connectivity index (χ0n) is 16.3. The van der Waals surface area contributed by atoms with Gasteiger partial charge in [0.2, 0.25) is 5.91 Å². The highest BCUT2D eigenvalue weighted by Crippen LogP contribution is 2.21. The molecule has 0 spiro atoms. The first-order valence-electron chi connectivity index (χ1n) is 9.70. The smallest absolute Gasteiger partial charge is 0.324 e. The van der Waals surface area contributed by atoms with Crippen LogP contribution in [0.4, 0.5) is 20.7 Å². The topological polar surface area (TPSA) is 65.5 Å². The number of pyridine rings is 1. The Bertz CT molecular complexity index is 1040. The minimum Gasteiger partial charge on any atom is -0.324 e. The van der Waals surface area contributed by atoms with Gasteiger partial charge in [-0.3, -0.25) is 9.69 Å². The molecule has 0 bridgehead atoms. The van der Waals surface area contributed by atoms with Crippen LogP contribution in [0.2, 0.25) is 0 Å². The number of urea groups is 1. The fourth-order valence-corrected chi connectivity index (χ4v) is 3.39. The van der Waals surface area contributed by atoms with E-state index in [1.54, 1.807) is 40.1 Å². The lowest BCUT2D eigenvalue weighted by atomic mass is 10.1. The first-order valence-corrected chi connectivity index (χ1v) is 9.70. The number of carbonyl (C=O) groups is 2. The molecule has 2 heterocycles. The molecule has 2 aromatic carbocycles. The van der Waals surface area contributed by atoms with Gasteiger partial charge in [-0.1, -0.05) is 48.5 Å².